The maximum Gasteiger partial charge on any atom is 0.210 e. The van der Waals surface area contributed by atoms with Gasteiger partial charge in [-0.2, -0.15) is 10.3 Å². The topological polar surface area (TPSA) is 83.9 Å². The van der Waals surface area contributed by atoms with E-state index in [1.54, 1.807) is 13.0 Å². The summed E-state index contributed by atoms with van der Waals surface area (Å²) in [5.74, 6) is -0.176. The molecule has 0 saturated carbocycles. The number of aliphatic imine (C=N–C) groups is 1. The van der Waals surface area contributed by atoms with Crippen LogP contribution < -0.4 is 5.73 Å². The number of nitrogen functional groups attached to an aromatic ring is 1. The smallest absolute Gasteiger partial charge is 0.210 e. The first kappa shape index (κ1) is 26.9. The molecule has 1 aliphatic heterocycles. The van der Waals surface area contributed by atoms with Crippen molar-refractivity contribution in [3.8, 4) is 17.2 Å². The van der Waals surface area contributed by atoms with Gasteiger partial charge in [0.25, 0.3) is 0 Å². The second-order valence-corrected chi connectivity index (χ2v) is 9.97. The van der Waals surface area contributed by atoms with Gasteiger partial charge in [0, 0.05) is 36.2 Å². The van der Waals surface area contributed by atoms with E-state index in [4.69, 9.17) is 31.8 Å². The average Bonchev–Trinajstić information content (AvgIpc) is 3.04. The molecular weight excluding hydrogens is 518 g/mol. The lowest BCUT2D eigenvalue weighted by molar-refractivity contribution is 0.147. The van der Waals surface area contributed by atoms with Gasteiger partial charge in [0.15, 0.2) is 0 Å². The number of thiophene rings is 1. The summed E-state index contributed by atoms with van der Waals surface area (Å²) in [5.41, 5.74) is 7.30. The molecule has 1 aliphatic rings. The van der Waals surface area contributed by atoms with Gasteiger partial charge in [0.1, 0.15) is 28.5 Å². The summed E-state index contributed by atoms with van der Waals surface area (Å²) < 4.78 is 42.1. The minimum atomic E-state index is -0.582. The molecule has 2 N–H and O–H groups in total. The van der Waals surface area contributed by atoms with Crippen molar-refractivity contribution in [1.29, 1.82) is 5.26 Å². The minimum Gasteiger partial charge on any atom is -0.481 e. The predicted molar refractivity (Wildman–Crippen MR) is 145 cm³/mol. The number of methoxy groups -OCH3 is 1. The molecule has 6 nitrogen and oxygen atoms in total. The molecule has 0 bridgehead atoms. The first-order chi connectivity index (χ1) is 17.8. The second kappa shape index (κ2) is 11.5. The first-order valence-corrected chi connectivity index (χ1v) is 13.1. The van der Waals surface area contributed by atoms with Crippen molar-refractivity contribution in [1.82, 2.24) is 4.90 Å². The summed E-state index contributed by atoms with van der Waals surface area (Å²) in [6.07, 6.45) is 3.34. The zero-order valence-electron chi connectivity index (χ0n) is 20.8. The van der Waals surface area contributed by atoms with Crippen LogP contribution in [-0.2, 0) is 9.47 Å². The third kappa shape index (κ3) is 5.14. The molecular formula is C27H27ClF2N4O2S. The van der Waals surface area contributed by atoms with Crippen molar-refractivity contribution < 1.29 is 18.3 Å². The number of allylic oxidation sites excluding steroid dienone is 1. The SMILES string of the molecule is CC/C=C(/N=C(\c1cc(Cl)c(-c2ccc(F)c3sc(N)c(C#N)c23)c(F)c1C)N1CCCOCC1)OC. The maximum absolute atomic E-state index is 16.2. The van der Waals surface area contributed by atoms with Crippen molar-refractivity contribution in [2.24, 2.45) is 4.99 Å². The fraction of sp³-hybridized carbons (Fsp3) is 0.333. The van der Waals surface area contributed by atoms with Gasteiger partial charge in [-0.05, 0) is 49.1 Å². The summed E-state index contributed by atoms with van der Waals surface area (Å²) in [4.78, 5) is 6.79. The minimum absolute atomic E-state index is 0.0804. The molecule has 0 amide bonds. The second-order valence-electron chi connectivity index (χ2n) is 8.52. The molecule has 2 aromatic carbocycles. The number of nitrogens with two attached hydrogens (primary N) is 1. The Hall–Kier alpha value is -3.19. The van der Waals surface area contributed by atoms with E-state index in [1.165, 1.54) is 19.2 Å². The Labute approximate surface area is 223 Å². The number of amidine groups is 1. The van der Waals surface area contributed by atoms with E-state index in [-0.39, 0.29) is 31.2 Å². The van der Waals surface area contributed by atoms with E-state index < -0.39 is 11.6 Å². The van der Waals surface area contributed by atoms with Crippen LogP contribution in [0.3, 0.4) is 0 Å². The zero-order chi connectivity index (χ0) is 26.7. The highest BCUT2D eigenvalue weighted by Gasteiger charge is 2.26. The van der Waals surface area contributed by atoms with Gasteiger partial charge in [-0.1, -0.05) is 24.6 Å². The fourth-order valence-corrected chi connectivity index (χ4v) is 5.66. The standard InChI is InChI=1S/C27H27ClF2N4O2S/c1-4-6-21(35-3)33-27(34-9-5-11-36-12-10-34)17-13-19(28)23(24(30)15(17)2)16-7-8-20(29)25-22(16)18(14-31)26(32)37-25/h6-8,13H,4-5,9-12,32H2,1-3H3/b21-6-,33-27+. The van der Waals surface area contributed by atoms with Crippen LogP contribution in [0.4, 0.5) is 13.8 Å². The molecule has 0 aliphatic carbocycles. The van der Waals surface area contributed by atoms with E-state index >= 15 is 4.39 Å². The Balaban J connectivity index is 1.96. The lowest BCUT2D eigenvalue weighted by Crippen LogP contribution is -2.35. The monoisotopic (exact) mass is 544 g/mol. The van der Waals surface area contributed by atoms with E-state index in [2.05, 4.69) is 0 Å². The van der Waals surface area contributed by atoms with Crippen LogP contribution in [0.5, 0.6) is 0 Å². The van der Waals surface area contributed by atoms with E-state index in [0.29, 0.717) is 61.1 Å². The molecule has 0 spiro atoms. The van der Waals surface area contributed by atoms with Crippen molar-refractivity contribution in [3.05, 3.63) is 63.5 Å². The van der Waals surface area contributed by atoms with Crippen molar-refractivity contribution in [2.45, 2.75) is 26.7 Å². The maximum atomic E-state index is 16.2. The summed E-state index contributed by atoms with van der Waals surface area (Å²) in [7, 11) is 1.54. The molecule has 2 heterocycles. The van der Waals surface area contributed by atoms with Gasteiger partial charge in [0.2, 0.25) is 5.88 Å². The Morgan fingerprint density at radius 1 is 1.35 bits per heavy atom. The lowest BCUT2D eigenvalue weighted by Gasteiger charge is -2.26. The molecule has 3 aromatic rings. The number of halogens is 3. The third-order valence-corrected chi connectivity index (χ3v) is 7.55. The highest BCUT2D eigenvalue weighted by molar-refractivity contribution is 7.23. The summed E-state index contributed by atoms with van der Waals surface area (Å²) in [5, 5.41) is 10.2. The fourth-order valence-electron chi connectivity index (χ4n) is 4.42. The van der Waals surface area contributed by atoms with Crippen LogP contribution in [0.25, 0.3) is 21.2 Å². The van der Waals surface area contributed by atoms with E-state index in [1.807, 2.05) is 24.0 Å². The molecule has 0 radical (unpaired) electrons. The highest BCUT2D eigenvalue weighted by Crippen LogP contribution is 2.44. The number of fused-ring (bicyclic) bond motifs is 1. The van der Waals surface area contributed by atoms with Crippen LogP contribution in [0, 0.1) is 29.9 Å². The number of ether oxygens (including phenoxy) is 2. The number of nitriles is 1. The Morgan fingerprint density at radius 3 is 2.84 bits per heavy atom. The van der Waals surface area contributed by atoms with Crippen molar-refractivity contribution in [2.75, 3.05) is 39.1 Å². The number of benzene rings is 2. The highest BCUT2D eigenvalue weighted by atomic mass is 35.5. The summed E-state index contributed by atoms with van der Waals surface area (Å²) in [6.45, 7) is 6.00. The van der Waals surface area contributed by atoms with Crippen LogP contribution in [-0.4, -0.2) is 44.1 Å². The molecule has 1 aromatic heterocycles. The van der Waals surface area contributed by atoms with Gasteiger partial charge < -0.3 is 20.1 Å². The van der Waals surface area contributed by atoms with E-state index in [9.17, 15) is 9.65 Å². The molecule has 4 rings (SSSR count). The summed E-state index contributed by atoms with van der Waals surface area (Å²) >= 11 is 7.70. The molecule has 194 valence electrons. The van der Waals surface area contributed by atoms with Crippen LogP contribution in [0.1, 0.15) is 36.5 Å². The first-order valence-electron chi connectivity index (χ1n) is 11.9. The quantitative estimate of drug-likeness (QED) is 0.221. The molecule has 0 unspecified atom stereocenters. The predicted octanol–water partition coefficient (Wildman–Crippen LogP) is 6.63. The number of rotatable bonds is 5. The van der Waals surface area contributed by atoms with Crippen molar-refractivity contribution >= 4 is 43.9 Å². The Kier molecular flexibility index (Phi) is 8.32. The molecule has 10 heteroatoms. The Bertz CT molecular complexity index is 1440. The van der Waals surface area contributed by atoms with Crippen LogP contribution in [0.2, 0.25) is 5.02 Å². The van der Waals surface area contributed by atoms with Gasteiger partial charge in [-0.25, -0.2) is 8.78 Å². The normalized spacial score (nSPS) is 15.1. The number of nitrogens with zero attached hydrogens (tertiary/aromatic N) is 3. The summed E-state index contributed by atoms with van der Waals surface area (Å²) in [6, 6.07) is 6.35. The average molecular weight is 545 g/mol. The van der Waals surface area contributed by atoms with Gasteiger partial charge in [-0.15, -0.1) is 11.3 Å². The lowest BCUT2D eigenvalue weighted by atomic mass is 9.94. The van der Waals surface area contributed by atoms with Crippen molar-refractivity contribution in [3.63, 3.8) is 0 Å². The largest absolute Gasteiger partial charge is 0.481 e. The molecule has 0 atom stereocenters. The van der Waals surface area contributed by atoms with Crippen LogP contribution >= 0.6 is 22.9 Å². The third-order valence-electron chi connectivity index (χ3n) is 6.23. The molecule has 1 saturated heterocycles. The van der Waals surface area contributed by atoms with Gasteiger partial charge in [0.05, 0.1) is 29.0 Å². The van der Waals surface area contributed by atoms with E-state index in [0.717, 1.165) is 17.8 Å². The zero-order valence-corrected chi connectivity index (χ0v) is 22.4. The van der Waals surface area contributed by atoms with Crippen LogP contribution in [0.15, 0.2) is 35.2 Å². The number of hydrogen-bond donors (Lipinski definition) is 1. The van der Waals surface area contributed by atoms with Gasteiger partial charge in [-0.3, -0.25) is 0 Å². The molecule has 1 fully saturated rings. The molecule has 37 heavy (non-hydrogen) atoms. The number of hydrogen-bond acceptors (Lipinski definition) is 6. The Morgan fingerprint density at radius 2 is 2.14 bits per heavy atom. The van der Waals surface area contributed by atoms with Gasteiger partial charge >= 0.3 is 0 Å². The number of anilines is 1.